The Balaban J connectivity index is 2.96. The molecule has 1 aromatic carbocycles. The Hall–Kier alpha value is -2.05. The summed E-state index contributed by atoms with van der Waals surface area (Å²) in [5.41, 5.74) is -0.553. The van der Waals surface area contributed by atoms with Crippen LogP contribution in [0.3, 0.4) is 0 Å². The summed E-state index contributed by atoms with van der Waals surface area (Å²) in [6.45, 7) is 4.70. The molecule has 0 bridgehead atoms. The Kier molecular flexibility index (Phi) is 6.18. The molecule has 4 nitrogen and oxygen atoms in total. The lowest BCUT2D eigenvalue weighted by Gasteiger charge is -2.22. The third-order valence-electron chi connectivity index (χ3n) is 3.85. The van der Waals surface area contributed by atoms with Crippen LogP contribution in [0.15, 0.2) is 24.3 Å². The number of carboxylic acid groups (broad SMARTS) is 1. The summed E-state index contributed by atoms with van der Waals surface area (Å²) in [6, 6.07) is 4.01. The highest BCUT2D eigenvalue weighted by molar-refractivity contribution is 5.84. The number of halogens is 3. The summed E-state index contributed by atoms with van der Waals surface area (Å²) in [4.78, 5) is 23.2. The van der Waals surface area contributed by atoms with Crippen molar-refractivity contribution in [3.8, 4) is 0 Å². The van der Waals surface area contributed by atoms with Crippen molar-refractivity contribution in [1.82, 2.24) is 5.32 Å². The van der Waals surface area contributed by atoms with Gasteiger partial charge in [-0.25, -0.2) is 0 Å². The van der Waals surface area contributed by atoms with E-state index in [0.29, 0.717) is 6.42 Å². The average molecular weight is 331 g/mol. The zero-order valence-corrected chi connectivity index (χ0v) is 13.1. The molecule has 0 aliphatic rings. The number of benzene rings is 1. The molecule has 0 fully saturated rings. The molecule has 23 heavy (non-hydrogen) atoms. The zero-order chi connectivity index (χ0) is 17.8. The molecule has 1 rings (SSSR count). The standard InChI is InChI=1S/C16H20F3NO3/c1-4-13(14(21)20-10(3)9(2)15(22)23)11-6-5-7-12(8-11)16(17,18)19/h5-10,13H,4H2,1-3H3,(H,20,21)(H,22,23). The number of alkyl halides is 3. The molecule has 7 heteroatoms. The van der Waals surface area contributed by atoms with E-state index in [2.05, 4.69) is 5.32 Å². The normalized spacial score (nSPS) is 15.6. The number of nitrogens with one attached hydrogen (secondary N) is 1. The van der Waals surface area contributed by atoms with Gasteiger partial charge < -0.3 is 10.4 Å². The van der Waals surface area contributed by atoms with Gasteiger partial charge in [0, 0.05) is 6.04 Å². The molecular formula is C16H20F3NO3. The first-order valence-electron chi connectivity index (χ1n) is 7.28. The van der Waals surface area contributed by atoms with E-state index in [-0.39, 0.29) is 5.56 Å². The second-order valence-electron chi connectivity index (χ2n) is 5.51. The number of aliphatic carboxylic acids is 1. The van der Waals surface area contributed by atoms with E-state index < -0.39 is 41.5 Å². The largest absolute Gasteiger partial charge is 0.481 e. The Morgan fingerprint density at radius 1 is 1.26 bits per heavy atom. The molecule has 1 aromatic rings. The molecule has 128 valence electrons. The summed E-state index contributed by atoms with van der Waals surface area (Å²) in [7, 11) is 0. The van der Waals surface area contributed by atoms with Crippen molar-refractivity contribution in [1.29, 1.82) is 0 Å². The minimum Gasteiger partial charge on any atom is -0.481 e. The van der Waals surface area contributed by atoms with E-state index in [4.69, 9.17) is 5.11 Å². The number of amides is 1. The van der Waals surface area contributed by atoms with Gasteiger partial charge in [-0.1, -0.05) is 25.1 Å². The Bertz CT molecular complexity index is 572. The minimum atomic E-state index is -4.48. The van der Waals surface area contributed by atoms with Gasteiger partial charge in [0.1, 0.15) is 0 Å². The summed E-state index contributed by atoms with van der Waals surface area (Å²) in [5.74, 6) is -3.09. The van der Waals surface area contributed by atoms with Crippen LogP contribution in [0.4, 0.5) is 13.2 Å². The summed E-state index contributed by atoms with van der Waals surface area (Å²) >= 11 is 0. The molecule has 0 saturated carbocycles. The molecule has 0 radical (unpaired) electrons. The van der Waals surface area contributed by atoms with Gasteiger partial charge in [-0.15, -0.1) is 0 Å². The van der Waals surface area contributed by atoms with Crippen LogP contribution < -0.4 is 5.32 Å². The van der Waals surface area contributed by atoms with Crippen LogP contribution in [0.1, 0.15) is 44.2 Å². The van der Waals surface area contributed by atoms with E-state index in [1.165, 1.54) is 19.1 Å². The maximum atomic E-state index is 12.8. The van der Waals surface area contributed by atoms with Crippen LogP contribution in [-0.2, 0) is 15.8 Å². The first-order valence-corrected chi connectivity index (χ1v) is 7.28. The van der Waals surface area contributed by atoms with E-state index >= 15 is 0 Å². The van der Waals surface area contributed by atoms with Crippen LogP contribution in [0.2, 0.25) is 0 Å². The third-order valence-corrected chi connectivity index (χ3v) is 3.85. The summed E-state index contributed by atoms with van der Waals surface area (Å²) < 4.78 is 38.3. The van der Waals surface area contributed by atoms with Crippen molar-refractivity contribution in [3.05, 3.63) is 35.4 Å². The molecular weight excluding hydrogens is 311 g/mol. The average Bonchev–Trinajstić information content (AvgIpc) is 2.46. The van der Waals surface area contributed by atoms with E-state index in [0.717, 1.165) is 12.1 Å². The van der Waals surface area contributed by atoms with Crippen molar-refractivity contribution >= 4 is 11.9 Å². The van der Waals surface area contributed by atoms with Crippen LogP contribution in [0.25, 0.3) is 0 Å². The fourth-order valence-corrected chi connectivity index (χ4v) is 2.17. The second-order valence-corrected chi connectivity index (χ2v) is 5.51. The lowest BCUT2D eigenvalue weighted by atomic mass is 9.93. The fourth-order valence-electron chi connectivity index (χ4n) is 2.17. The van der Waals surface area contributed by atoms with Gasteiger partial charge in [-0.3, -0.25) is 9.59 Å². The number of hydrogen-bond donors (Lipinski definition) is 2. The van der Waals surface area contributed by atoms with Crippen LogP contribution >= 0.6 is 0 Å². The number of hydrogen-bond acceptors (Lipinski definition) is 2. The molecule has 0 aliphatic carbocycles. The SMILES string of the molecule is CCC(C(=O)NC(C)C(C)C(=O)O)c1cccc(C(F)(F)F)c1. The maximum Gasteiger partial charge on any atom is 0.416 e. The van der Waals surface area contributed by atoms with Gasteiger partial charge in [0.25, 0.3) is 0 Å². The first-order chi connectivity index (χ1) is 10.6. The Morgan fingerprint density at radius 2 is 1.87 bits per heavy atom. The minimum absolute atomic E-state index is 0.259. The molecule has 0 aromatic heterocycles. The zero-order valence-electron chi connectivity index (χ0n) is 13.1. The van der Waals surface area contributed by atoms with Crippen LogP contribution in [0.5, 0.6) is 0 Å². The fraction of sp³-hybridized carbons (Fsp3) is 0.500. The van der Waals surface area contributed by atoms with Crippen molar-refractivity contribution < 1.29 is 27.9 Å². The number of rotatable bonds is 6. The molecule has 2 N–H and O–H groups in total. The van der Waals surface area contributed by atoms with E-state index in [1.807, 2.05) is 0 Å². The quantitative estimate of drug-likeness (QED) is 0.839. The van der Waals surface area contributed by atoms with E-state index in [1.54, 1.807) is 13.8 Å². The summed E-state index contributed by atoms with van der Waals surface area (Å²) in [6.07, 6.45) is -4.17. The van der Waals surface area contributed by atoms with Crippen molar-refractivity contribution in [2.75, 3.05) is 0 Å². The maximum absolute atomic E-state index is 12.8. The van der Waals surface area contributed by atoms with Crippen molar-refractivity contribution in [2.24, 2.45) is 5.92 Å². The van der Waals surface area contributed by atoms with Gasteiger partial charge >= 0.3 is 12.1 Å². The Morgan fingerprint density at radius 3 is 2.35 bits per heavy atom. The molecule has 3 unspecified atom stereocenters. The number of carbonyl (C=O) groups excluding carboxylic acids is 1. The van der Waals surface area contributed by atoms with Gasteiger partial charge in [0.15, 0.2) is 0 Å². The lowest BCUT2D eigenvalue weighted by molar-refractivity contribution is -0.142. The third kappa shape index (κ3) is 4.97. The Labute approximate surface area is 132 Å². The lowest BCUT2D eigenvalue weighted by Crippen LogP contribution is -2.42. The predicted molar refractivity (Wildman–Crippen MR) is 78.9 cm³/mol. The highest BCUT2D eigenvalue weighted by Crippen LogP contribution is 2.32. The smallest absolute Gasteiger partial charge is 0.416 e. The van der Waals surface area contributed by atoms with Crippen molar-refractivity contribution in [2.45, 2.75) is 45.3 Å². The monoisotopic (exact) mass is 331 g/mol. The number of carboxylic acids is 1. The molecule has 0 heterocycles. The topological polar surface area (TPSA) is 66.4 Å². The molecule has 1 amide bonds. The highest BCUT2D eigenvalue weighted by atomic mass is 19.4. The van der Waals surface area contributed by atoms with Crippen LogP contribution in [-0.4, -0.2) is 23.0 Å². The molecule has 3 atom stereocenters. The van der Waals surface area contributed by atoms with Crippen LogP contribution in [0, 0.1) is 5.92 Å². The molecule has 0 aliphatic heterocycles. The molecule has 0 saturated heterocycles. The van der Waals surface area contributed by atoms with Gasteiger partial charge in [0.2, 0.25) is 5.91 Å². The summed E-state index contributed by atoms with van der Waals surface area (Å²) in [5, 5.41) is 11.5. The van der Waals surface area contributed by atoms with Gasteiger partial charge in [-0.05, 0) is 31.9 Å². The molecule has 0 spiro atoms. The first kappa shape index (κ1) is 19.0. The van der Waals surface area contributed by atoms with Gasteiger partial charge in [-0.2, -0.15) is 13.2 Å². The predicted octanol–water partition coefficient (Wildman–Crippen LogP) is 3.42. The highest BCUT2D eigenvalue weighted by Gasteiger charge is 2.32. The van der Waals surface area contributed by atoms with Gasteiger partial charge in [0.05, 0.1) is 17.4 Å². The number of carbonyl (C=O) groups is 2. The second kappa shape index (κ2) is 7.48. The van der Waals surface area contributed by atoms with E-state index in [9.17, 15) is 22.8 Å². The van der Waals surface area contributed by atoms with Crippen molar-refractivity contribution in [3.63, 3.8) is 0 Å².